The van der Waals surface area contributed by atoms with Gasteiger partial charge in [-0.05, 0) is 24.6 Å². The largest absolute Gasteiger partial charge is 0.339 e. The first-order chi connectivity index (χ1) is 14.1. The van der Waals surface area contributed by atoms with Crippen molar-refractivity contribution in [3.63, 3.8) is 0 Å². The number of amides is 2. The third kappa shape index (κ3) is 4.16. The van der Waals surface area contributed by atoms with E-state index in [0.29, 0.717) is 36.9 Å². The zero-order chi connectivity index (χ0) is 20.2. The number of pyridine rings is 1. The summed E-state index contributed by atoms with van der Waals surface area (Å²) in [6.07, 6.45) is 3.30. The molecule has 0 N–H and O–H groups in total. The second-order valence-corrected chi connectivity index (χ2v) is 6.94. The second-order valence-electron chi connectivity index (χ2n) is 6.94. The van der Waals surface area contributed by atoms with Crippen molar-refractivity contribution in [1.82, 2.24) is 24.9 Å². The van der Waals surface area contributed by atoms with Crippen LogP contribution in [0.2, 0.25) is 0 Å². The number of carbonyl (C=O) groups is 2. The van der Waals surface area contributed by atoms with Gasteiger partial charge < -0.3 is 14.3 Å². The van der Waals surface area contributed by atoms with Crippen LogP contribution in [-0.2, 0) is 17.8 Å². The number of aryl methyl sites for hydroxylation is 1. The van der Waals surface area contributed by atoms with Gasteiger partial charge in [-0.2, -0.15) is 4.98 Å². The van der Waals surface area contributed by atoms with Crippen LogP contribution in [0.1, 0.15) is 27.6 Å². The van der Waals surface area contributed by atoms with Gasteiger partial charge in [-0.3, -0.25) is 14.6 Å². The van der Waals surface area contributed by atoms with Crippen LogP contribution in [0.15, 0.2) is 59.4 Å². The fourth-order valence-electron chi connectivity index (χ4n) is 3.48. The summed E-state index contributed by atoms with van der Waals surface area (Å²) in [5, 5.41) is 3.80. The van der Waals surface area contributed by atoms with E-state index in [0.717, 1.165) is 5.56 Å². The van der Waals surface area contributed by atoms with Gasteiger partial charge in [-0.25, -0.2) is 0 Å². The van der Waals surface area contributed by atoms with Gasteiger partial charge in [0.15, 0.2) is 5.82 Å². The van der Waals surface area contributed by atoms with Crippen molar-refractivity contribution in [3.05, 3.63) is 77.7 Å². The van der Waals surface area contributed by atoms with Crippen molar-refractivity contribution in [1.29, 1.82) is 0 Å². The minimum absolute atomic E-state index is 0.131. The molecule has 1 atom stereocenters. The minimum atomic E-state index is -0.708. The van der Waals surface area contributed by atoms with Crippen LogP contribution in [0.25, 0.3) is 0 Å². The average molecular weight is 391 g/mol. The first-order valence-electron chi connectivity index (χ1n) is 9.44. The molecule has 0 aliphatic carbocycles. The Kier molecular flexibility index (Phi) is 5.33. The Labute approximate surface area is 168 Å². The lowest BCUT2D eigenvalue weighted by atomic mass is 10.0. The number of carbonyl (C=O) groups excluding carboxylic acids is 2. The molecule has 4 rings (SSSR count). The smallest absolute Gasteiger partial charge is 0.256 e. The third-order valence-electron chi connectivity index (χ3n) is 4.91. The van der Waals surface area contributed by atoms with Crippen molar-refractivity contribution in [3.8, 4) is 0 Å². The van der Waals surface area contributed by atoms with E-state index in [-0.39, 0.29) is 18.2 Å². The highest BCUT2D eigenvalue weighted by Gasteiger charge is 2.39. The molecule has 148 valence electrons. The van der Waals surface area contributed by atoms with E-state index in [2.05, 4.69) is 15.1 Å². The van der Waals surface area contributed by atoms with E-state index in [4.69, 9.17) is 4.52 Å². The van der Waals surface area contributed by atoms with Crippen LogP contribution in [0.4, 0.5) is 0 Å². The number of piperazine rings is 1. The van der Waals surface area contributed by atoms with Gasteiger partial charge in [0.05, 0.1) is 12.0 Å². The Balaban J connectivity index is 1.59. The van der Waals surface area contributed by atoms with Gasteiger partial charge in [0.25, 0.3) is 5.91 Å². The first kappa shape index (κ1) is 18.8. The Morgan fingerprint density at radius 1 is 1.17 bits per heavy atom. The van der Waals surface area contributed by atoms with Gasteiger partial charge in [0, 0.05) is 32.0 Å². The highest BCUT2D eigenvalue weighted by atomic mass is 16.5. The minimum Gasteiger partial charge on any atom is -0.339 e. The molecule has 3 heterocycles. The molecule has 1 fully saturated rings. The highest BCUT2D eigenvalue weighted by molar-refractivity contribution is 5.98. The Bertz CT molecular complexity index is 990. The lowest BCUT2D eigenvalue weighted by molar-refractivity contribution is -0.141. The summed E-state index contributed by atoms with van der Waals surface area (Å²) in [4.78, 5) is 38.0. The highest BCUT2D eigenvalue weighted by Crippen LogP contribution is 2.20. The molecule has 8 heteroatoms. The summed E-state index contributed by atoms with van der Waals surface area (Å²) in [6.45, 7) is 3.09. The molecular formula is C21H21N5O3. The molecule has 3 aromatic rings. The van der Waals surface area contributed by atoms with Crippen LogP contribution in [0.5, 0.6) is 0 Å². The maximum atomic E-state index is 13.3. The molecule has 1 unspecified atom stereocenters. The van der Waals surface area contributed by atoms with Gasteiger partial charge >= 0.3 is 0 Å². The molecule has 0 radical (unpaired) electrons. The maximum absolute atomic E-state index is 13.3. The van der Waals surface area contributed by atoms with Crippen LogP contribution < -0.4 is 0 Å². The van der Waals surface area contributed by atoms with Crippen LogP contribution in [0.3, 0.4) is 0 Å². The summed E-state index contributed by atoms with van der Waals surface area (Å²) in [7, 11) is 0. The molecule has 2 amide bonds. The van der Waals surface area contributed by atoms with E-state index < -0.39 is 6.04 Å². The van der Waals surface area contributed by atoms with E-state index in [1.165, 1.54) is 6.20 Å². The van der Waals surface area contributed by atoms with Crippen LogP contribution in [-0.4, -0.2) is 55.9 Å². The standard InChI is InChI=1S/C21H21N5O3/c1-15-23-19(29-24-15)12-18-21(28)25(14-16-6-3-2-4-7-16)10-11-26(18)20(27)17-8-5-9-22-13-17/h2-9,13,18H,10-12,14H2,1H3. The maximum Gasteiger partial charge on any atom is 0.256 e. The Morgan fingerprint density at radius 3 is 2.69 bits per heavy atom. The molecule has 2 aromatic heterocycles. The van der Waals surface area contributed by atoms with E-state index in [9.17, 15) is 9.59 Å². The van der Waals surface area contributed by atoms with Crippen LogP contribution in [0, 0.1) is 6.92 Å². The molecule has 1 aliphatic heterocycles. The third-order valence-corrected chi connectivity index (χ3v) is 4.91. The number of hydrogen-bond donors (Lipinski definition) is 0. The normalized spacial score (nSPS) is 16.9. The fraction of sp³-hybridized carbons (Fsp3) is 0.286. The van der Waals surface area contributed by atoms with Crippen molar-refractivity contribution in [2.45, 2.75) is 25.9 Å². The Morgan fingerprint density at radius 2 is 2.00 bits per heavy atom. The number of hydrogen-bond acceptors (Lipinski definition) is 6. The Hall–Kier alpha value is -3.55. The number of benzene rings is 1. The van der Waals surface area contributed by atoms with Crippen molar-refractivity contribution >= 4 is 11.8 Å². The molecule has 0 bridgehead atoms. The molecule has 29 heavy (non-hydrogen) atoms. The van der Waals surface area contributed by atoms with Crippen molar-refractivity contribution < 1.29 is 14.1 Å². The summed E-state index contributed by atoms with van der Waals surface area (Å²) in [5.74, 6) is 0.473. The quantitative estimate of drug-likeness (QED) is 0.659. The predicted molar refractivity (Wildman–Crippen MR) is 104 cm³/mol. The molecule has 0 spiro atoms. The summed E-state index contributed by atoms with van der Waals surface area (Å²) in [5.41, 5.74) is 1.49. The van der Waals surface area contributed by atoms with Crippen molar-refractivity contribution in [2.24, 2.45) is 0 Å². The zero-order valence-electron chi connectivity index (χ0n) is 16.1. The van der Waals surface area contributed by atoms with Crippen molar-refractivity contribution in [2.75, 3.05) is 13.1 Å². The van der Waals surface area contributed by atoms with Gasteiger partial charge in [-0.15, -0.1) is 0 Å². The summed E-state index contributed by atoms with van der Waals surface area (Å²) in [6, 6.07) is 12.5. The zero-order valence-corrected chi connectivity index (χ0v) is 16.1. The predicted octanol–water partition coefficient (Wildman–Crippen LogP) is 1.87. The number of aromatic nitrogens is 3. The molecular weight excluding hydrogens is 370 g/mol. The van der Waals surface area contributed by atoms with Gasteiger partial charge in [-0.1, -0.05) is 35.5 Å². The first-order valence-corrected chi connectivity index (χ1v) is 9.44. The lowest BCUT2D eigenvalue weighted by Gasteiger charge is -2.40. The summed E-state index contributed by atoms with van der Waals surface area (Å²) < 4.78 is 5.22. The molecule has 8 nitrogen and oxygen atoms in total. The van der Waals surface area contributed by atoms with E-state index >= 15 is 0 Å². The fourth-order valence-corrected chi connectivity index (χ4v) is 3.48. The molecule has 1 aromatic carbocycles. The lowest BCUT2D eigenvalue weighted by Crippen LogP contribution is -2.59. The molecule has 1 saturated heterocycles. The topological polar surface area (TPSA) is 92.4 Å². The van der Waals surface area contributed by atoms with E-state index in [1.807, 2.05) is 30.3 Å². The second kappa shape index (κ2) is 8.22. The summed E-state index contributed by atoms with van der Waals surface area (Å²) >= 11 is 0. The van der Waals surface area contributed by atoms with E-state index in [1.54, 1.807) is 35.1 Å². The molecule has 1 aliphatic rings. The van der Waals surface area contributed by atoms with Crippen LogP contribution >= 0.6 is 0 Å². The monoisotopic (exact) mass is 391 g/mol. The van der Waals surface area contributed by atoms with Gasteiger partial charge in [0.2, 0.25) is 11.8 Å². The number of rotatable bonds is 5. The molecule has 0 saturated carbocycles. The average Bonchev–Trinajstić information content (AvgIpc) is 3.17. The van der Waals surface area contributed by atoms with Gasteiger partial charge in [0.1, 0.15) is 6.04 Å². The number of nitrogens with zero attached hydrogens (tertiary/aromatic N) is 5. The SMILES string of the molecule is Cc1noc(CC2C(=O)N(Cc3ccccc3)CCN2C(=O)c2cccnc2)n1.